The van der Waals surface area contributed by atoms with Crippen molar-refractivity contribution in [2.75, 3.05) is 18.0 Å². The van der Waals surface area contributed by atoms with Crippen LogP contribution in [0, 0.1) is 5.92 Å². The molecule has 1 aliphatic rings. The Morgan fingerprint density at radius 2 is 1.95 bits per heavy atom. The molecule has 1 fully saturated rings. The van der Waals surface area contributed by atoms with Crippen molar-refractivity contribution in [3.05, 3.63) is 27.1 Å². The predicted octanol–water partition coefficient (Wildman–Crippen LogP) is 4.42. The van der Waals surface area contributed by atoms with Gasteiger partial charge in [-0.3, -0.25) is 0 Å². The molecule has 0 aliphatic carbocycles. The molecule has 2 unspecified atom stereocenters. The number of nitrogens with one attached hydrogen (secondary N) is 1. The van der Waals surface area contributed by atoms with Crippen LogP contribution in [0.1, 0.15) is 27.2 Å². The lowest BCUT2D eigenvalue weighted by Crippen LogP contribution is -2.58. The monoisotopic (exact) mass is 388 g/mol. The van der Waals surface area contributed by atoms with Crippen molar-refractivity contribution in [1.29, 1.82) is 0 Å². The van der Waals surface area contributed by atoms with E-state index in [9.17, 15) is 0 Å². The molecule has 0 radical (unpaired) electrons. The summed E-state index contributed by atoms with van der Waals surface area (Å²) in [6.45, 7) is 8.97. The molecule has 1 aromatic rings. The highest BCUT2D eigenvalue weighted by molar-refractivity contribution is 9.11. The van der Waals surface area contributed by atoms with Crippen LogP contribution < -0.4 is 10.2 Å². The van der Waals surface area contributed by atoms with Gasteiger partial charge in [0.1, 0.15) is 0 Å². The van der Waals surface area contributed by atoms with E-state index in [4.69, 9.17) is 0 Å². The van der Waals surface area contributed by atoms with Gasteiger partial charge >= 0.3 is 0 Å². The molecule has 0 spiro atoms. The lowest BCUT2D eigenvalue weighted by Gasteiger charge is -2.43. The summed E-state index contributed by atoms with van der Waals surface area (Å²) >= 11 is 7.41. The van der Waals surface area contributed by atoms with E-state index in [-0.39, 0.29) is 0 Å². The van der Waals surface area contributed by atoms with Crippen LogP contribution in [0.4, 0.5) is 5.69 Å². The Morgan fingerprint density at radius 3 is 2.47 bits per heavy atom. The zero-order valence-electron chi connectivity index (χ0n) is 11.8. The van der Waals surface area contributed by atoms with Gasteiger partial charge in [-0.05, 0) is 56.3 Å². The molecule has 0 aromatic heterocycles. The number of benzene rings is 1. The van der Waals surface area contributed by atoms with E-state index in [0.29, 0.717) is 18.0 Å². The molecule has 19 heavy (non-hydrogen) atoms. The average Bonchev–Trinajstić information content (AvgIpc) is 2.38. The maximum absolute atomic E-state index is 3.70. The minimum absolute atomic E-state index is 0.557. The summed E-state index contributed by atoms with van der Waals surface area (Å²) in [5, 5.41) is 3.69. The second-order valence-corrected chi connectivity index (χ2v) is 7.25. The standard InChI is InChI=1S/C15H22Br2N2/c1-4-11-8-18-14(10(2)3)9-19(11)15-12(16)6-5-7-13(15)17/h5-7,10-11,14,18H,4,8-9H2,1-3H3. The number of para-hydroxylation sites is 1. The van der Waals surface area contributed by atoms with Gasteiger partial charge in [-0.2, -0.15) is 0 Å². The number of hydrogen-bond donors (Lipinski definition) is 1. The number of piperazine rings is 1. The second-order valence-electron chi connectivity index (χ2n) is 5.54. The largest absolute Gasteiger partial charge is 0.364 e. The summed E-state index contributed by atoms with van der Waals surface area (Å²) in [6.07, 6.45) is 1.16. The smallest absolute Gasteiger partial charge is 0.0658 e. The highest BCUT2D eigenvalue weighted by atomic mass is 79.9. The van der Waals surface area contributed by atoms with Gasteiger partial charge in [0.25, 0.3) is 0 Å². The highest BCUT2D eigenvalue weighted by Crippen LogP contribution is 2.36. The van der Waals surface area contributed by atoms with Gasteiger partial charge in [0, 0.05) is 34.1 Å². The summed E-state index contributed by atoms with van der Waals surface area (Å²) in [6, 6.07) is 7.44. The summed E-state index contributed by atoms with van der Waals surface area (Å²) in [7, 11) is 0. The van der Waals surface area contributed by atoms with Crippen LogP contribution in [0.15, 0.2) is 27.1 Å². The van der Waals surface area contributed by atoms with Crippen LogP contribution in [0.25, 0.3) is 0 Å². The zero-order chi connectivity index (χ0) is 14.0. The van der Waals surface area contributed by atoms with Crippen molar-refractivity contribution < 1.29 is 0 Å². The summed E-state index contributed by atoms with van der Waals surface area (Å²) < 4.78 is 2.34. The molecular weight excluding hydrogens is 368 g/mol. The molecule has 2 rings (SSSR count). The Morgan fingerprint density at radius 1 is 1.32 bits per heavy atom. The second kappa shape index (κ2) is 6.59. The molecule has 1 saturated heterocycles. The van der Waals surface area contributed by atoms with Crippen LogP contribution in [0.5, 0.6) is 0 Å². The fourth-order valence-corrected chi connectivity index (χ4v) is 4.13. The van der Waals surface area contributed by atoms with Crippen molar-refractivity contribution >= 4 is 37.5 Å². The van der Waals surface area contributed by atoms with E-state index in [0.717, 1.165) is 19.5 Å². The number of hydrogen-bond acceptors (Lipinski definition) is 2. The SMILES string of the molecule is CCC1CNC(C(C)C)CN1c1c(Br)cccc1Br. The van der Waals surface area contributed by atoms with Gasteiger partial charge < -0.3 is 10.2 Å². The van der Waals surface area contributed by atoms with E-state index in [2.05, 4.69) is 81.0 Å². The predicted molar refractivity (Wildman–Crippen MR) is 89.9 cm³/mol. The van der Waals surface area contributed by atoms with Gasteiger partial charge in [0.2, 0.25) is 0 Å². The zero-order valence-corrected chi connectivity index (χ0v) is 15.0. The molecule has 2 nitrogen and oxygen atoms in total. The van der Waals surface area contributed by atoms with Gasteiger partial charge in [0.15, 0.2) is 0 Å². The Balaban J connectivity index is 2.32. The van der Waals surface area contributed by atoms with Crippen LogP contribution in [0.2, 0.25) is 0 Å². The molecular formula is C15H22Br2N2. The maximum Gasteiger partial charge on any atom is 0.0658 e. The Bertz CT molecular complexity index is 414. The number of nitrogens with zero attached hydrogens (tertiary/aromatic N) is 1. The third kappa shape index (κ3) is 3.34. The Hall–Kier alpha value is -0.0600. The highest BCUT2D eigenvalue weighted by Gasteiger charge is 2.30. The minimum Gasteiger partial charge on any atom is -0.364 e. The molecule has 4 heteroatoms. The van der Waals surface area contributed by atoms with Crippen LogP contribution in [0.3, 0.4) is 0 Å². The van der Waals surface area contributed by atoms with Crippen molar-refractivity contribution in [3.63, 3.8) is 0 Å². The third-order valence-corrected chi connectivity index (χ3v) is 5.23. The first-order valence-corrected chi connectivity index (χ1v) is 8.57. The normalized spacial score (nSPS) is 24.0. The molecule has 1 aromatic carbocycles. The van der Waals surface area contributed by atoms with Crippen LogP contribution in [-0.2, 0) is 0 Å². The fourth-order valence-electron chi connectivity index (χ4n) is 2.67. The first-order valence-electron chi connectivity index (χ1n) is 6.98. The van der Waals surface area contributed by atoms with Crippen molar-refractivity contribution in [3.8, 4) is 0 Å². The fraction of sp³-hybridized carbons (Fsp3) is 0.600. The van der Waals surface area contributed by atoms with Crippen molar-refractivity contribution in [2.24, 2.45) is 5.92 Å². The summed E-state index contributed by atoms with van der Waals surface area (Å²) in [5.41, 5.74) is 1.29. The first kappa shape index (κ1) is 15.3. The van der Waals surface area contributed by atoms with E-state index in [1.54, 1.807) is 0 Å². The Kier molecular flexibility index (Phi) is 5.32. The van der Waals surface area contributed by atoms with Crippen molar-refractivity contribution in [2.45, 2.75) is 39.3 Å². The topological polar surface area (TPSA) is 15.3 Å². The molecule has 106 valence electrons. The number of anilines is 1. The lowest BCUT2D eigenvalue weighted by molar-refractivity contribution is 0.325. The van der Waals surface area contributed by atoms with Gasteiger partial charge in [-0.25, -0.2) is 0 Å². The molecule has 2 atom stereocenters. The van der Waals surface area contributed by atoms with Crippen LogP contribution >= 0.6 is 31.9 Å². The molecule has 0 amide bonds. The number of halogens is 2. The summed E-state index contributed by atoms with van der Waals surface area (Å²) in [5.74, 6) is 0.654. The molecule has 0 bridgehead atoms. The quantitative estimate of drug-likeness (QED) is 0.822. The van der Waals surface area contributed by atoms with E-state index in [1.807, 2.05) is 0 Å². The first-order chi connectivity index (χ1) is 9.04. The molecule has 1 aliphatic heterocycles. The molecule has 1 heterocycles. The van der Waals surface area contributed by atoms with Gasteiger partial charge in [-0.15, -0.1) is 0 Å². The van der Waals surface area contributed by atoms with E-state index in [1.165, 1.54) is 14.6 Å². The third-order valence-electron chi connectivity index (χ3n) is 3.95. The maximum atomic E-state index is 3.70. The summed E-state index contributed by atoms with van der Waals surface area (Å²) in [4.78, 5) is 2.55. The molecule has 0 saturated carbocycles. The van der Waals surface area contributed by atoms with E-state index < -0.39 is 0 Å². The van der Waals surface area contributed by atoms with Crippen molar-refractivity contribution in [1.82, 2.24) is 5.32 Å². The van der Waals surface area contributed by atoms with E-state index >= 15 is 0 Å². The number of rotatable bonds is 3. The minimum atomic E-state index is 0.557. The van der Waals surface area contributed by atoms with Crippen LogP contribution in [-0.4, -0.2) is 25.2 Å². The Labute approximate surface area is 133 Å². The van der Waals surface area contributed by atoms with Gasteiger partial charge in [0.05, 0.1) is 5.69 Å². The molecule has 1 N–H and O–H groups in total. The lowest BCUT2D eigenvalue weighted by atomic mass is 9.98. The average molecular weight is 390 g/mol. The van der Waals surface area contributed by atoms with Gasteiger partial charge in [-0.1, -0.05) is 26.8 Å².